The lowest BCUT2D eigenvalue weighted by atomic mass is 10.1. The standard InChI is InChI=1S/C23H16ClN3O5/c24-18-10-3-4-11-19(18)32-13-20(28)25-15-7-5-6-14(12-15)21(29)26-27-22(30)16-8-1-2-9-17(16)23(27)31/h1-12H,13H2,(H,25,28)(H,26,29). The maximum Gasteiger partial charge on any atom is 0.280 e. The molecule has 0 spiro atoms. The topological polar surface area (TPSA) is 105 Å². The number of carbonyl (C=O) groups excluding carboxylic acids is 4. The van der Waals surface area contributed by atoms with Gasteiger partial charge in [-0.15, -0.1) is 0 Å². The molecule has 8 nitrogen and oxygen atoms in total. The second-order valence-electron chi connectivity index (χ2n) is 6.78. The maximum atomic E-state index is 12.6. The van der Waals surface area contributed by atoms with Crippen LogP contribution in [0.25, 0.3) is 0 Å². The molecule has 0 saturated carbocycles. The van der Waals surface area contributed by atoms with Gasteiger partial charge in [-0.2, -0.15) is 5.01 Å². The van der Waals surface area contributed by atoms with Crippen LogP contribution in [-0.2, 0) is 4.79 Å². The predicted octanol–water partition coefficient (Wildman–Crippen LogP) is 3.30. The Bertz CT molecular complexity index is 1210. The number of ether oxygens (including phenoxy) is 1. The minimum Gasteiger partial charge on any atom is -0.482 e. The summed E-state index contributed by atoms with van der Waals surface area (Å²) < 4.78 is 5.39. The Morgan fingerprint density at radius 2 is 1.53 bits per heavy atom. The van der Waals surface area contributed by atoms with Crippen LogP contribution in [0.2, 0.25) is 5.02 Å². The molecule has 0 aliphatic carbocycles. The third-order valence-electron chi connectivity index (χ3n) is 4.61. The molecular weight excluding hydrogens is 434 g/mol. The van der Waals surface area contributed by atoms with Crippen LogP contribution >= 0.6 is 11.6 Å². The molecule has 3 aromatic carbocycles. The summed E-state index contributed by atoms with van der Waals surface area (Å²) in [6, 6.07) is 19.1. The number of hydrazine groups is 1. The lowest BCUT2D eigenvalue weighted by Gasteiger charge is -2.15. The van der Waals surface area contributed by atoms with E-state index in [-0.39, 0.29) is 23.3 Å². The molecule has 0 aromatic heterocycles. The van der Waals surface area contributed by atoms with E-state index in [9.17, 15) is 19.2 Å². The molecule has 1 heterocycles. The summed E-state index contributed by atoms with van der Waals surface area (Å²) >= 11 is 5.99. The summed E-state index contributed by atoms with van der Waals surface area (Å²) in [7, 11) is 0. The average Bonchev–Trinajstić information content (AvgIpc) is 3.04. The first-order chi connectivity index (χ1) is 15.4. The number of nitrogens with one attached hydrogen (secondary N) is 2. The van der Waals surface area contributed by atoms with Crippen molar-refractivity contribution >= 4 is 40.9 Å². The highest BCUT2D eigenvalue weighted by Crippen LogP contribution is 2.23. The smallest absolute Gasteiger partial charge is 0.280 e. The van der Waals surface area contributed by atoms with Gasteiger partial charge in [0.25, 0.3) is 23.6 Å². The molecule has 160 valence electrons. The minimum atomic E-state index is -0.678. The van der Waals surface area contributed by atoms with Crippen molar-refractivity contribution in [3.8, 4) is 5.75 Å². The van der Waals surface area contributed by atoms with Gasteiger partial charge in [0, 0.05) is 11.3 Å². The average molecular weight is 450 g/mol. The number of carbonyl (C=O) groups is 4. The Morgan fingerprint density at radius 1 is 0.875 bits per heavy atom. The molecule has 0 bridgehead atoms. The first kappa shape index (κ1) is 21.1. The summed E-state index contributed by atoms with van der Waals surface area (Å²) in [4.78, 5) is 49.6. The number of para-hydroxylation sites is 1. The van der Waals surface area contributed by atoms with Crippen LogP contribution in [0.4, 0.5) is 5.69 Å². The van der Waals surface area contributed by atoms with Crippen LogP contribution in [-0.4, -0.2) is 35.2 Å². The summed E-state index contributed by atoms with van der Waals surface area (Å²) in [6.07, 6.45) is 0. The van der Waals surface area contributed by atoms with Crippen LogP contribution < -0.4 is 15.5 Å². The van der Waals surface area contributed by atoms with Gasteiger partial charge in [0.05, 0.1) is 16.1 Å². The molecule has 4 rings (SSSR count). The molecule has 0 radical (unpaired) electrons. The predicted molar refractivity (Wildman–Crippen MR) is 116 cm³/mol. The molecule has 32 heavy (non-hydrogen) atoms. The van der Waals surface area contributed by atoms with Crippen LogP contribution in [0.15, 0.2) is 72.8 Å². The first-order valence-corrected chi connectivity index (χ1v) is 9.88. The molecule has 1 aliphatic heterocycles. The molecule has 0 saturated heterocycles. The van der Waals surface area contributed by atoms with E-state index in [0.717, 1.165) is 0 Å². The van der Waals surface area contributed by atoms with Crippen LogP contribution in [0, 0.1) is 0 Å². The van der Waals surface area contributed by atoms with E-state index >= 15 is 0 Å². The van der Waals surface area contributed by atoms with Gasteiger partial charge in [-0.1, -0.05) is 41.9 Å². The Hall–Kier alpha value is -4.17. The van der Waals surface area contributed by atoms with Crippen LogP contribution in [0.3, 0.4) is 0 Å². The highest BCUT2D eigenvalue weighted by Gasteiger charge is 2.36. The largest absolute Gasteiger partial charge is 0.482 e. The van der Waals surface area contributed by atoms with E-state index in [2.05, 4.69) is 10.7 Å². The zero-order valence-corrected chi connectivity index (χ0v) is 17.3. The van der Waals surface area contributed by atoms with Gasteiger partial charge in [-0.05, 0) is 42.5 Å². The molecule has 1 aliphatic rings. The van der Waals surface area contributed by atoms with E-state index in [1.54, 1.807) is 48.5 Å². The van der Waals surface area contributed by atoms with Gasteiger partial charge in [-0.3, -0.25) is 24.6 Å². The zero-order chi connectivity index (χ0) is 22.7. The monoisotopic (exact) mass is 449 g/mol. The number of hydrogen-bond donors (Lipinski definition) is 2. The van der Waals surface area contributed by atoms with Gasteiger partial charge in [0.15, 0.2) is 6.61 Å². The number of anilines is 1. The Labute approximate surface area is 187 Å². The second kappa shape index (κ2) is 8.91. The molecule has 2 N–H and O–H groups in total. The third-order valence-corrected chi connectivity index (χ3v) is 4.92. The second-order valence-corrected chi connectivity index (χ2v) is 7.19. The fourth-order valence-electron chi connectivity index (χ4n) is 3.10. The summed E-state index contributed by atoms with van der Waals surface area (Å²) in [5, 5.41) is 3.68. The maximum absolute atomic E-state index is 12.6. The summed E-state index contributed by atoms with van der Waals surface area (Å²) in [6.45, 7) is -0.283. The van der Waals surface area contributed by atoms with Gasteiger partial charge < -0.3 is 10.1 Å². The molecule has 3 aromatic rings. The SMILES string of the molecule is O=C(COc1ccccc1Cl)Nc1cccc(C(=O)NN2C(=O)c3ccccc3C2=O)c1. The number of benzene rings is 3. The number of amides is 4. The van der Waals surface area contributed by atoms with Gasteiger partial charge >= 0.3 is 0 Å². The Kier molecular flexibility index (Phi) is 5.87. The van der Waals surface area contributed by atoms with Crippen molar-refractivity contribution < 1.29 is 23.9 Å². The van der Waals surface area contributed by atoms with Crippen molar-refractivity contribution in [2.75, 3.05) is 11.9 Å². The van der Waals surface area contributed by atoms with Gasteiger partial charge in [0.2, 0.25) is 0 Å². The fraction of sp³-hybridized carbons (Fsp3) is 0.0435. The van der Waals surface area contributed by atoms with E-state index in [0.29, 0.717) is 21.5 Å². The zero-order valence-electron chi connectivity index (χ0n) is 16.5. The van der Waals surface area contributed by atoms with E-state index < -0.39 is 23.6 Å². The summed E-state index contributed by atoms with van der Waals surface area (Å²) in [5.41, 5.74) is 3.24. The number of imide groups is 1. The Balaban J connectivity index is 1.39. The van der Waals surface area contributed by atoms with E-state index in [1.807, 2.05) is 0 Å². The number of rotatable bonds is 6. The Morgan fingerprint density at radius 3 is 2.22 bits per heavy atom. The van der Waals surface area contributed by atoms with Crippen molar-refractivity contribution in [2.45, 2.75) is 0 Å². The number of halogens is 1. The summed E-state index contributed by atoms with van der Waals surface area (Å²) in [5.74, 6) is -1.98. The molecule has 0 fully saturated rings. The molecule has 4 amide bonds. The number of nitrogens with zero attached hydrogens (tertiary/aromatic N) is 1. The van der Waals surface area contributed by atoms with Crippen molar-refractivity contribution in [2.24, 2.45) is 0 Å². The minimum absolute atomic E-state index is 0.145. The number of hydrogen-bond acceptors (Lipinski definition) is 5. The van der Waals surface area contributed by atoms with E-state index in [1.165, 1.54) is 24.3 Å². The molecule has 0 atom stereocenters. The van der Waals surface area contributed by atoms with Crippen molar-refractivity contribution in [1.82, 2.24) is 10.4 Å². The molecular formula is C23H16ClN3O5. The molecule has 0 unspecified atom stereocenters. The van der Waals surface area contributed by atoms with Crippen molar-refractivity contribution in [1.29, 1.82) is 0 Å². The highest BCUT2D eigenvalue weighted by molar-refractivity contribution is 6.32. The fourth-order valence-corrected chi connectivity index (χ4v) is 3.29. The highest BCUT2D eigenvalue weighted by atomic mass is 35.5. The lowest BCUT2D eigenvalue weighted by molar-refractivity contribution is -0.118. The van der Waals surface area contributed by atoms with Crippen molar-refractivity contribution in [3.63, 3.8) is 0 Å². The van der Waals surface area contributed by atoms with Crippen LogP contribution in [0.5, 0.6) is 5.75 Å². The third kappa shape index (κ3) is 4.30. The quantitative estimate of drug-likeness (QED) is 0.562. The van der Waals surface area contributed by atoms with Gasteiger partial charge in [0.1, 0.15) is 5.75 Å². The first-order valence-electron chi connectivity index (χ1n) is 9.50. The van der Waals surface area contributed by atoms with Crippen molar-refractivity contribution in [3.05, 3.63) is 94.5 Å². The number of fused-ring (bicyclic) bond motifs is 1. The van der Waals surface area contributed by atoms with Gasteiger partial charge in [-0.25, -0.2) is 0 Å². The molecule has 9 heteroatoms. The van der Waals surface area contributed by atoms with Crippen LogP contribution in [0.1, 0.15) is 31.1 Å². The van der Waals surface area contributed by atoms with E-state index in [4.69, 9.17) is 16.3 Å². The lowest BCUT2D eigenvalue weighted by Crippen LogP contribution is -2.45. The normalized spacial score (nSPS) is 12.3.